The summed E-state index contributed by atoms with van der Waals surface area (Å²) in [6, 6.07) is 9.62. The highest BCUT2D eigenvalue weighted by Gasteiger charge is 2.20. The second kappa shape index (κ2) is 7.87. The number of nitrogens with one attached hydrogen (secondary N) is 1. The summed E-state index contributed by atoms with van der Waals surface area (Å²) in [6.45, 7) is 4.06. The Morgan fingerprint density at radius 3 is 2.57 bits per heavy atom. The van der Waals surface area contributed by atoms with Crippen LogP contribution in [0.1, 0.15) is 29.9 Å². The van der Waals surface area contributed by atoms with Gasteiger partial charge >= 0.3 is 5.97 Å². The molecule has 2 N–H and O–H groups in total. The lowest BCUT2D eigenvalue weighted by Crippen LogP contribution is -2.33. The van der Waals surface area contributed by atoms with Crippen LogP contribution in [-0.2, 0) is 4.79 Å². The molecule has 122 valence electrons. The number of amides is 1. The highest BCUT2D eigenvalue weighted by molar-refractivity contribution is 7.16. The summed E-state index contributed by atoms with van der Waals surface area (Å²) < 4.78 is 0. The quantitative estimate of drug-likeness (QED) is 0.815. The summed E-state index contributed by atoms with van der Waals surface area (Å²) >= 11 is 1.30. The summed E-state index contributed by atoms with van der Waals surface area (Å²) in [5.41, 5.74) is 0.958. The van der Waals surface area contributed by atoms with Gasteiger partial charge in [0.1, 0.15) is 9.88 Å². The lowest BCUT2D eigenvalue weighted by atomic mass is 9.97. The molecular formula is C17H20N2O3S. The van der Waals surface area contributed by atoms with Crippen molar-refractivity contribution < 1.29 is 14.7 Å². The standard InChI is InChI=1S/C17H20N2O3S/c1-11(2)8-13(17(21)22)9-18-15(20)14-10-19-16(23-14)12-6-4-3-5-7-12/h3-7,10-11,13H,8-9H2,1-2H3,(H,18,20)(H,21,22). The smallest absolute Gasteiger partial charge is 0.308 e. The van der Waals surface area contributed by atoms with Crippen molar-refractivity contribution in [3.63, 3.8) is 0 Å². The predicted octanol–water partition coefficient (Wildman–Crippen LogP) is 3.29. The molecule has 1 aromatic heterocycles. The highest BCUT2D eigenvalue weighted by Crippen LogP contribution is 2.24. The molecule has 1 unspecified atom stereocenters. The molecule has 0 bridgehead atoms. The van der Waals surface area contributed by atoms with E-state index in [0.717, 1.165) is 10.6 Å². The van der Waals surface area contributed by atoms with Crippen LogP contribution in [0.25, 0.3) is 10.6 Å². The summed E-state index contributed by atoms with van der Waals surface area (Å²) in [4.78, 5) is 28.1. The van der Waals surface area contributed by atoms with E-state index in [0.29, 0.717) is 11.3 Å². The van der Waals surface area contributed by atoms with Crippen LogP contribution in [0.5, 0.6) is 0 Å². The Balaban J connectivity index is 1.98. The van der Waals surface area contributed by atoms with Crippen molar-refractivity contribution in [2.45, 2.75) is 20.3 Å². The fourth-order valence-electron chi connectivity index (χ4n) is 2.24. The van der Waals surface area contributed by atoms with Crippen LogP contribution in [0.4, 0.5) is 0 Å². The first kappa shape index (κ1) is 17.1. The van der Waals surface area contributed by atoms with E-state index in [1.807, 2.05) is 44.2 Å². The molecule has 1 heterocycles. The molecule has 0 fully saturated rings. The lowest BCUT2D eigenvalue weighted by molar-refractivity contribution is -0.142. The normalized spacial score (nSPS) is 12.1. The van der Waals surface area contributed by atoms with Crippen molar-refractivity contribution in [2.75, 3.05) is 6.54 Å². The highest BCUT2D eigenvalue weighted by atomic mass is 32.1. The van der Waals surface area contributed by atoms with Gasteiger partial charge in [0.25, 0.3) is 5.91 Å². The first-order chi connectivity index (χ1) is 11.0. The lowest BCUT2D eigenvalue weighted by Gasteiger charge is -2.14. The molecule has 6 heteroatoms. The largest absolute Gasteiger partial charge is 0.481 e. The van der Waals surface area contributed by atoms with Crippen molar-refractivity contribution in [2.24, 2.45) is 11.8 Å². The Hall–Kier alpha value is -2.21. The zero-order valence-electron chi connectivity index (χ0n) is 13.2. The fourth-order valence-corrected chi connectivity index (χ4v) is 3.07. The summed E-state index contributed by atoms with van der Waals surface area (Å²) in [5.74, 6) is -1.46. The van der Waals surface area contributed by atoms with Gasteiger partial charge < -0.3 is 10.4 Å². The third-order valence-corrected chi connectivity index (χ3v) is 4.41. The van der Waals surface area contributed by atoms with Gasteiger partial charge in [0.15, 0.2) is 0 Å². The first-order valence-corrected chi connectivity index (χ1v) is 8.31. The van der Waals surface area contributed by atoms with Gasteiger partial charge in [-0.3, -0.25) is 9.59 Å². The van der Waals surface area contributed by atoms with Gasteiger partial charge in [-0.25, -0.2) is 4.98 Å². The molecule has 1 atom stereocenters. The molecule has 0 aliphatic heterocycles. The minimum atomic E-state index is -0.881. The first-order valence-electron chi connectivity index (χ1n) is 7.49. The van der Waals surface area contributed by atoms with Crippen molar-refractivity contribution >= 4 is 23.2 Å². The molecule has 0 saturated carbocycles. The van der Waals surface area contributed by atoms with E-state index in [4.69, 9.17) is 0 Å². The van der Waals surface area contributed by atoms with Crippen LogP contribution in [0.15, 0.2) is 36.5 Å². The maximum atomic E-state index is 12.2. The molecule has 0 spiro atoms. The molecule has 2 rings (SSSR count). The van der Waals surface area contributed by atoms with Crippen molar-refractivity contribution in [3.8, 4) is 10.6 Å². The SMILES string of the molecule is CC(C)CC(CNC(=O)c1cnc(-c2ccccc2)s1)C(=O)O. The molecule has 2 aromatic rings. The zero-order chi connectivity index (χ0) is 16.8. The van der Waals surface area contributed by atoms with Crippen LogP contribution in [0, 0.1) is 11.8 Å². The minimum Gasteiger partial charge on any atom is -0.481 e. The maximum absolute atomic E-state index is 12.2. The van der Waals surface area contributed by atoms with Crippen LogP contribution < -0.4 is 5.32 Å². The van der Waals surface area contributed by atoms with Crippen LogP contribution in [-0.4, -0.2) is 28.5 Å². The number of hydrogen-bond donors (Lipinski definition) is 2. The third-order valence-electron chi connectivity index (χ3n) is 3.36. The Morgan fingerprint density at radius 1 is 1.26 bits per heavy atom. The van der Waals surface area contributed by atoms with E-state index >= 15 is 0 Å². The van der Waals surface area contributed by atoms with Gasteiger partial charge in [0, 0.05) is 12.1 Å². The number of aromatic nitrogens is 1. The number of carboxylic acid groups (broad SMARTS) is 1. The zero-order valence-corrected chi connectivity index (χ0v) is 14.0. The molecule has 5 nitrogen and oxygen atoms in total. The third kappa shape index (κ3) is 4.89. The van der Waals surface area contributed by atoms with E-state index in [-0.39, 0.29) is 18.4 Å². The molecule has 23 heavy (non-hydrogen) atoms. The molecule has 0 aliphatic rings. The summed E-state index contributed by atoms with van der Waals surface area (Å²) in [6.07, 6.45) is 2.06. The van der Waals surface area contributed by atoms with Crippen molar-refractivity contribution in [1.82, 2.24) is 10.3 Å². The second-order valence-electron chi connectivity index (χ2n) is 5.77. The average Bonchev–Trinajstić information content (AvgIpc) is 3.01. The summed E-state index contributed by atoms with van der Waals surface area (Å²) in [7, 11) is 0. The predicted molar refractivity (Wildman–Crippen MR) is 90.5 cm³/mol. The van der Waals surface area contributed by atoms with Gasteiger partial charge in [-0.2, -0.15) is 0 Å². The van der Waals surface area contributed by atoms with E-state index < -0.39 is 11.9 Å². The second-order valence-corrected chi connectivity index (χ2v) is 6.80. The molecule has 0 saturated heterocycles. The van der Waals surface area contributed by atoms with E-state index in [9.17, 15) is 14.7 Å². The van der Waals surface area contributed by atoms with Gasteiger partial charge in [-0.1, -0.05) is 44.2 Å². The molecule has 1 aromatic carbocycles. The Kier molecular flexibility index (Phi) is 5.87. The van der Waals surface area contributed by atoms with Crippen LogP contribution in [0.3, 0.4) is 0 Å². The Labute approximate surface area is 139 Å². The number of rotatable bonds is 7. The van der Waals surface area contributed by atoms with E-state index in [1.54, 1.807) is 0 Å². The monoisotopic (exact) mass is 332 g/mol. The van der Waals surface area contributed by atoms with E-state index in [2.05, 4.69) is 10.3 Å². The van der Waals surface area contributed by atoms with E-state index in [1.165, 1.54) is 17.5 Å². The number of nitrogens with zero attached hydrogens (tertiary/aromatic N) is 1. The molecule has 0 radical (unpaired) electrons. The number of aliphatic carboxylic acids is 1. The molecule has 0 aliphatic carbocycles. The van der Waals surface area contributed by atoms with Gasteiger partial charge in [0.05, 0.1) is 12.1 Å². The van der Waals surface area contributed by atoms with Gasteiger partial charge in [0.2, 0.25) is 0 Å². The average molecular weight is 332 g/mol. The van der Waals surface area contributed by atoms with Crippen molar-refractivity contribution in [1.29, 1.82) is 0 Å². The number of hydrogen-bond acceptors (Lipinski definition) is 4. The fraction of sp³-hybridized carbons (Fsp3) is 0.353. The van der Waals surface area contributed by atoms with Gasteiger partial charge in [-0.15, -0.1) is 11.3 Å². The Bertz CT molecular complexity index is 667. The van der Waals surface area contributed by atoms with Gasteiger partial charge in [-0.05, 0) is 12.3 Å². The Morgan fingerprint density at radius 2 is 1.96 bits per heavy atom. The molecular weight excluding hydrogens is 312 g/mol. The number of carboxylic acids is 1. The minimum absolute atomic E-state index is 0.130. The maximum Gasteiger partial charge on any atom is 0.308 e. The van der Waals surface area contributed by atoms with Crippen molar-refractivity contribution in [3.05, 3.63) is 41.4 Å². The number of thiazole rings is 1. The number of carbonyl (C=O) groups excluding carboxylic acids is 1. The topological polar surface area (TPSA) is 79.3 Å². The number of benzene rings is 1. The summed E-state index contributed by atoms with van der Waals surface area (Å²) in [5, 5.41) is 12.7. The number of carbonyl (C=O) groups is 2. The molecule has 1 amide bonds. The van der Waals surface area contributed by atoms with Crippen LogP contribution >= 0.6 is 11.3 Å². The van der Waals surface area contributed by atoms with Crippen LogP contribution in [0.2, 0.25) is 0 Å².